The topological polar surface area (TPSA) is 113 Å². The molecule has 0 saturated carbocycles. The number of nitrogens with zero attached hydrogens (tertiary/aromatic N) is 3. The Kier molecular flexibility index (Phi) is 6.11. The van der Waals surface area contributed by atoms with Crippen LogP contribution < -0.4 is 21.3 Å². The first-order valence-electron chi connectivity index (χ1n) is 9.80. The lowest BCUT2D eigenvalue weighted by Crippen LogP contribution is -2.39. The second-order valence-electron chi connectivity index (χ2n) is 7.08. The molecule has 158 valence electrons. The third-order valence-corrected chi connectivity index (χ3v) is 5.22. The maximum Gasteiger partial charge on any atom is 0.327 e. The second-order valence-corrected chi connectivity index (χ2v) is 7.49. The van der Waals surface area contributed by atoms with Crippen molar-refractivity contribution < 1.29 is 9.59 Å². The molecule has 0 aliphatic carbocycles. The highest BCUT2D eigenvalue weighted by molar-refractivity contribution is 6.34. The highest BCUT2D eigenvalue weighted by atomic mass is 35.5. The molecule has 2 aromatic carbocycles. The molecule has 1 aliphatic rings. The van der Waals surface area contributed by atoms with Crippen molar-refractivity contribution in [1.82, 2.24) is 9.97 Å². The third-order valence-electron chi connectivity index (χ3n) is 4.90. The van der Waals surface area contributed by atoms with Gasteiger partial charge in [-0.2, -0.15) is 0 Å². The Labute approximate surface area is 184 Å². The zero-order valence-electron chi connectivity index (χ0n) is 16.6. The molecule has 0 unspecified atom stereocenters. The van der Waals surface area contributed by atoms with Crippen molar-refractivity contribution in [2.75, 3.05) is 15.5 Å². The van der Waals surface area contributed by atoms with Crippen molar-refractivity contribution in [1.29, 1.82) is 0 Å². The molecule has 0 radical (unpaired) electrons. The van der Waals surface area contributed by atoms with Gasteiger partial charge in [0.15, 0.2) is 0 Å². The van der Waals surface area contributed by atoms with Gasteiger partial charge < -0.3 is 11.1 Å². The molecule has 3 aromatic rings. The highest BCUT2D eigenvalue weighted by Gasteiger charge is 2.27. The largest absolute Gasteiger partial charge is 0.327 e. The average molecular weight is 437 g/mol. The van der Waals surface area contributed by atoms with Crippen molar-refractivity contribution in [3.63, 3.8) is 0 Å². The highest BCUT2D eigenvalue weighted by Crippen LogP contribution is 2.33. The van der Waals surface area contributed by atoms with Gasteiger partial charge in [-0.3, -0.25) is 15.0 Å². The summed E-state index contributed by atoms with van der Waals surface area (Å²) in [5.74, 6) is 0.775. The van der Waals surface area contributed by atoms with Gasteiger partial charge in [-0.1, -0.05) is 41.9 Å². The monoisotopic (exact) mass is 436 g/mol. The molecule has 4 N–H and O–H groups in total. The van der Waals surface area contributed by atoms with Crippen LogP contribution in [0.4, 0.5) is 22.0 Å². The fraction of sp³-hybridized carbons (Fsp3) is 0.182. The Morgan fingerprint density at radius 1 is 1.23 bits per heavy atom. The Hall–Kier alpha value is -3.49. The standard InChI is InChI=1S/C22H21ClN6O2/c23-17-8-7-16(26-20(30)9-6-14-4-2-1-3-5-14)10-18(17)29-13-15-12-25-19(11-24)27-21(15)28-22(29)31/h1-5,7-8,10,12H,6,9,11,13,24H2,(H,26,30)(H,25,27,28,31). The summed E-state index contributed by atoms with van der Waals surface area (Å²) in [6.45, 7) is 0.432. The predicted octanol–water partition coefficient (Wildman–Crippen LogP) is 3.71. The second kappa shape index (κ2) is 9.11. The van der Waals surface area contributed by atoms with Crippen LogP contribution >= 0.6 is 11.6 Å². The van der Waals surface area contributed by atoms with E-state index >= 15 is 0 Å². The minimum atomic E-state index is -0.372. The van der Waals surface area contributed by atoms with Gasteiger partial charge in [-0.15, -0.1) is 0 Å². The molecule has 3 amide bonds. The van der Waals surface area contributed by atoms with Crippen molar-refractivity contribution in [3.05, 3.63) is 76.7 Å². The molecular formula is C22H21ClN6O2. The maximum absolute atomic E-state index is 12.7. The number of anilines is 3. The van der Waals surface area contributed by atoms with E-state index in [-0.39, 0.29) is 25.0 Å². The lowest BCUT2D eigenvalue weighted by Gasteiger charge is -2.29. The summed E-state index contributed by atoms with van der Waals surface area (Å²) in [6.07, 6.45) is 2.63. The Morgan fingerprint density at radius 2 is 2.03 bits per heavy atom. The summed E-state index contributed by atoms with van der Waals surface area (Å²) < 4.78 is 0. The van der Waals surface area contributed by atoms with E-state index in [9.17, 15) is 9.59 Å². The van der Waals surface area contributed by atoms with Crippen molar-refractivity contribution >= 4 is 40.7 Å². The molecule has 1 aliphatic heterocycles. The molecule has 2 heterocycles. The van der Waals surface area contributed by atoms with Gasteiger partial charge in [0.05, 0.1) is 23.8 Å². The van der Waals surface area contributed by atoms with Crippen LogP contribution in [-0.2, 0) is 24.3 Å². The van der Waals surface area contributed by atoms with E-state index in [0.717, 1.165) is 11.1 Å². The van der Waals surface area contributed by atoms with E-state index in [4.69, 9.17) is 17.3 Å². The maximum atomic E-state index is 12.7. The van der Waals surface area contributed by atoms with Gasteiger partial charge in [-0.05, 0) is 30.2 Å². The summed E-state index contributed by atoms with van der Waals surface area (Å²) >= 11 is 6.37. The normalized spacial score (nSPS) is 12.8. The van der Waals surface area contributed by atoms with Gasteiger partial charge in [0.1, 0.15) is 11.6 Å². The van der Waals surface area contributed by atoms with Crippen LogP contribution in [0.5, 0.6) is 0 Å². The van der Waals surface area contributed by atoms with Crippen LogP contribution in [-0.4, -0.2) is 21.9 Å². The van der Waals surface area contributed by atoms with E-state index in [1.54, 1.807) is 24.4 Å². The van der Waals surface area contributed by atoms with Crippen molar-refractivity contribution in [2.24, 2.45) is 5.73 Å². The summed E-state index contributed by atoms with van der Waals surface area (Å²) in [4.78, 5) is 35.0. The molecular weight excluding hydrogens is 416 g/mol. The van der Waals surface area contributed by atoms with Crippen LogP contribution in [0, 0.1) is 0 Å². The average Bonchev–Trinajstić information content (AvgIpc) is 2.79. The van der Waals surface area contributed by atoms with Crippen molar-refractivity contribution in [3.8, 4) is 0 Å². The van der Waals surface area contributed by atoms with E-state index in [1.165, 1.54) is 4.90 Å². The number of nitrogens with two attached hydrogens (primary N) is 1. The lowest BCUT2D eigenvalue weighted by atomic mass is 10.1. The minimum absolute atomic E-state index is 0.117. The fourth-order valence-electron chi connectivity index (χ4n) is 3.29. The molecule has 1 aromatic heterocycles. The van der Waals surface area contributed by atoms with Gasteiger partial charge in [0, 0.05) is 23.9 Å². The quantitative estimate of drug-likeness (QED) is 0.545. The van der Waals surface area contributed by atoms with Crippen molar-refractivity contribution in [2.45, 2.75) is 25.9 Å². The number of aryl methyl sites for hydroxylation is 1. The molecule has 0 spiro atoms. The van der Waals surface area contributed by atoms with E-state index < -0.39 is 0 Å². The van der Waals surface area contributed by atoms with Crippen LogP contribution in [0.15, 0.2) is 54.7 Å². The Bertz CT molecular complexity index is 1120. The minimum Gasteiger partial charge on any atom is -0.326 e. The number of rotatable bonds is 6. The lowest BCUT2D eigenvalue weighted by molar-refractivity contribution is -0.116. The van der Waals surface area contributed by atoms with Crippen LogP contribution in [0.3, 0.4) is 0 Å². The zero-order chi connectivity index (χ0) is 21.8. The first-order valence-corrected chi connectivity index (χ1v) is 10.2. The Morgan fingerprint density at radius 3 is 2.81 bits per heavy atom. The summed E-state index contributed by atoms with van der Waals surface area (Å²) in [6, 6.07) is 14.5. The molecule has 31 heavy (non-hydrogen) atoms. The number of aromatic nitrogens is 2. The summed E-state index contributed by atoms with van der Waals surface area (Å²) in [7, 11) is 0. The smallest absolute Gasteiger partial charge is 0.326 e. The van der Waals surface area contributed by atoms with Gasteiger partial charge >= 0.3 is 6.03 Å². The SMILES string of the molecule is NCc1ncc2c(n1)NC(=O)N(c1cc(NC(=O)CCc3ccccc3)ccc1Cl)C2. The number of amides is 3. The fourth-order valence-corrected chi connectivity index (χ4v) is 3.51. The number of halogens is 1. The number of hydrogen-bond donors (Lipinski definition) is 3. The van der Waals surface area contributed by atoms with E-state index in [0.29, 0.717) is 40.9 Å². The molecule has 0 bridgehead atoms. The summed E-state index contributed by atoms with van der Waals surface area (Å²) in [5.41, 5.74) is 8.44. The molecule has 0 saturated heterocycles. The number of carbonyl (C=O) groups is 2. The number of carbonyl (C=O) groups excluding carboxylic acids is 2. The first kappa shape index (κ1) is 20.8. The van der Waals surface area contributed by atoms with E-state index in [1.807, 2.05) is 30.3 Å². The zero-order valence-corrected chi connectivity index (χ0v) is 17.4. The van der Waals surface area contributed by atoms with Crippen LogP contribution in [0.1, 0.15) is 23.4 Å². The third kappa shape index (κ3) is 4.82. The van der Waals surface area contributed by atoms with E-state index in [2.05, 4.69) is 20.6 Å². The number of benzene rings is 2. The van der Waals surface area contributed by atoms with Crippen LogP contribution in [0.25, 0.3) is 0 Å². The molecule has 0 fully saturated rings. The van der Waals surface area contributed by atoms with Gasteiger partial charge in [0.2, 0.25) is 5.91 Å². The molecule has 0 atom stereocenters. The first-order chi connectivity index (χ1) is 15.0. The number of nitrogens with one attached hydrogen (secondary N) is 2. The molecule has 4 rings (SSSR count). The number of hydrogen-bond acceptors (Lipinski definition) is 5. The Balaban J connectivity index is 1.48. The van der Waals surface area contributed by atoms with Crippen LogP contribution in [0.2, 0.25) is 5.02 Å². The van der Waals surface area contributed by atoms with Gasteiger partial charge in [0.25, 0.3) is 0 Å². The predicted molar refractivity (Wildman–Crippen MR) is 120 cm³/mol. The summed E-state index contributed by atoms with van der Waals surface area (Å²) in [5, 5.41) is 6.01. The molecule has 9 heteroatoms. The number of urea groups is 1. The molecule has 8 nitrogen and oxygen atoms in total. The number of fused-ring (bicyclic) bond motifs is 1. The van der Waals surface area contributed by atoms with Gasteiger partial charge in [-0.25, -0.2) is 14.8 Å².